The molecule has 1 aliphatic rings. The number of anilines is 2. The molecule has 2 aromatic carbocycles. The van der Waals surface area contributed by atoms with Gasteiger partial charge in [0.05, 0.1) is 16.6 Å². The van der Waals surface area contributed by atoms with E-state index in [0.717, 1.165) is 16.6 Å². The SMILES string of the molecule is CCc1cc2c(Nc3cccc4c3C(=O)c3ccccc3C4=O)ncnc2s1. The zero-order chi connectivity index (χ0) is 19.3. The lowest BCUT2D eigenvalue weighted by Gasteiger charge is -2.20. The van der Waals surface area contributed by atoms with E-state index in [0.29, 0.717) is 33.8 Å². The number of aryl methyl sites for hydroxylation is 1. The third-order valence-electron chi connectivity index (χ3n) is 4.93. The number of hydrogen-bond donors (Lipinski definition) is 1. The molecule has 5 rings (SSSR count). The number of hydrogen-bond acceptors (Lipinski definition) is 6. The molecule has 5 nitrogen and oxygen atoms in total. The summed E-state index contributed by atoms with van der Waals surface area (Å²) < 4.78 is 0. The van der Waals surface area contributed by atoms with Gasteiger partial charge in [0.25, 0.3) is 0 Å². The van der Waals surface area contributed by atoms with Crippen LogP contribution in [0.15, 0.2) is 54.9 Å². The monoisotopic (exact) mass is 385 g/mol. The highest BCUT2D eigenvalue weighted by Crippen LogP contribution is 2.35. The molecule has 0 aliphatic heterocycles. The topological polar surface area (TPSA) is 72.0 Å². The van der Waals surface area contributed by atoms with Crippen LogP contribution < -0.4 is 5.32 Å². The van der Waals surface area contributed by atoms with Crippen LogP contribution in [0.4, 0.5) is 11.5 Å². The highest BCUT2D eigenvalue weighted by Gasteiger charge is 2.31. The molecule has 0 unspecified atom stereocenters. The summed E-state index contributed by atoms with van der Waals surface area (Å²) in [7, 11) is 0. The molecule has 0 atom stereocenters. The number of rotatable bonds is 3. The molecule has 0 amide bonds. The normalized spacial score (nSPS) is 12.8. The largest absolute Gasteiger partial charge is 0.339 e. The molecule has 28 heavy (non-hydrogen) atoms. The molecule has 0 saturated heterocycles. The Morgan fingerprint density at radius 2 is 1.68 bits per heavy atom. The van der Waals surface area contributed by atoms with E-state index in [1.807, 2.05) is 0 Å². The first-order valence-electron chi connectivity index (χ1n) is 8.99. The molecule has 2 heterocycles. The van der Waals surface area contributed by atoms with Crippen molar-refractivity contribution in [3.8, 4) is 0 Å². The van der Waals surface area contributed by atoms with E-state index in [9.17, 15) is 9.59 Å². The minimum atomic E-state index is -0.154. The van der Waals surface area contributed by atoms with Gasteiger partial charge < -0.3 is 5.32 Å². The minimum absolute atomic E-state index is 0.134. The van der Waals surface area contributed by atoms with E-state index in [1.165, 1.54) is 11.2 Å². The fourth-order valence-corrected chi connectivity index (χ4v) is 4.49. The van der Waals surface area contributed by atoms with Crippen LogP contribution in [0.5, 0.6) is 0 Å². The fraction of sp³-hybridized carbons (Fsp3) is 0.0909. The minimum Gasteiger partial charge on any atom is -0.339 e. The second-order valence-corrected chi connectivity index (χ2v) is 7.68. The summed E-state index contributed by atoms with van der Waals surface area (Å²) in [5, 5.41) is 4.19. The molecule has 0 saturated carbocycles. The first kappa shape index (κ1) is 16.8. The maximum Gasteiger partial charge on any atom is 0.196 e. The molecule has 2 aromatic heterocycles. The molecule has 1 N–H and O–H groups in total. The Balaban J connectivity index is 1.65. The smallest absolute Gasteiger partial charge is 0.196 e. The number of aromatic nitrogens is 2. The lowest BCUT2D eigenvalue weighted by molar-refractivity contribution is 0.0979. The molecule has 0 radical (unpaired) electrons. The van der Waals surface area contributed by atoms with Gasteiger partial charge >= 0.3 is 0 Å². The Kier molecular flexibility index (Phi) is 3.80. The van der Waals surface area contributed by atoms with Crippen molar-refractivity contribution in [1.82, 2.24) is 9.97 Å². The highest BCUT2D eigenvalue weighted by atomic mass is 32.1. The van der Waals surface area contributed by atoms with Crippen molar-refractivity contribution in [2.75, 3.05) is 5.32 Å². The van der Waals surface area contributed by atoms with Crippen LogP contribution >= 0.6 is 11.3 Å². The highest BCUT2D eigenvalue weighted by molar-refractivity contribution is 7.18. The number of carbonyl (C=O) groups is 2. The van der Waals surface area contributed by atoms with Crippen molar-refractivity contribution < 1.29 is 9.59 Å². The van der Waals surface area contributed by atoms with Crippen LogP contribution in [0.3, 0.4) is 0 Å². The van der Waals surface area contributed by atoms with Gasteiger partial charge in [0.1, 0.15) is 17.0 Å². The number of nitrogens with one attached hydrogen (secondary N) is 1. The lowest BCUT2D eigenvalue weighted by atomic mass is 9.83. The van der Waals surface area contributed by atoms with Crippen molar-refractivity contribution in [2.45, 2.75) is 13.3 Å². The zero-order valence-electron chi connectivity index (χ0n) is 15.0. The molecular weight excluding hydrogens is 370 g/mol. The Morgan fingerprint density at radius 1 is 0.929 bits per heavy atom. The van der Waals surface area contributed by atoms with Gasteiger partial charge in [0, 0.05) is 21.6 Å². The molecule has 6 heteroatoms. The van der Waals surface area contributed by atoms with Gasteiger partial charge in [-0.3, -0.25) is 9.59 Å². The molecule has 0 bridgehead atoms. The number of thiophene rings is 1. The van der Waals surface area contributed by atoms with Crippen molar-refractivity contribution in [1.29, 1.82) is 0 Å². The summed E-state index contributed by atoms with van der Waals surface area (Å²) in [4.78, 5) is 36.9. The number of benzene rings is 2. The van der Waals surface area contributed by atoms with Crippen molar-refractivity contribution in [2.24, 2.45) is 0 Å². The molecule has 1 aliphatic carbocycles. The predicted octanol–water partition coefficient (Wildman–Crippen LogP) is 4.77. The number of carbonyl (C=O) groups excluding carboxylic acids is 2. The van der Waals surface area contributed by atoms with Crippen LogP contribution in [-0.2, 0) is 6.42 Å². The van der Waals surface area contributed by atoms with Crippen LogP contribution in [0, 0.1) is 0 Å². The van der Waals surface area contributed by atoms with Crippen molar-refractivity contribution >= 4 is 44.6 Å². The Labute approximate surface area is 165 Å². The predicted molar refractivity (Wildman–Crippen MR) is 110 cm³/mol. The summed E-state index contributed by atoms with van der Waals surface area (Å²) >= 11 is 1.63. The first-order chi connectivity index (χ1) is 13.7. The summed E-state index contributed by atoms with van der Waals surface area (Å²) in [6.45, 7) is 2.10. The molecule has 4 aromatic rings. The number of fused-ring (bicyclic) bond motifs is 3. The van der Waals surface area contributed by atoms with E-state index in [2.05, 4.69) is 28.3 Å². The van der Waals surface area contributed by atoms with Crippen LogP contribution in [0.2, 0.25) is 0 Å². The van der Waals surface area contributed by atoms with Gasteiger partial charge in [-0.15, -0.1) is 11.3 Å². The lowest BCUT2D eigenvalue weighted by Crippen LogP contribution is -2.22. The second-order valence-electron chi connectivity index (χ2n) is 6.56. The maximum atomic E-state index is 13.2. The van der Waals surface area contributed by atoms with Crippen molar-refractivity contribution in [3.63, 3.8) is 0 Å². The van der Waals surface area contributed by atoms with E-state index in [4.69, 9.17) is 0 Å². The number of ketones is 2. The third kappa shape index (κ3) is 2.46. The molecule has 0 fully saturated rings. The third-order valence-corrected chi connectivity index (χ3v) is 6.12. The Morgan fingerprint density at radius 3 is 2.46 bits per heavy atom. The Bertz CT molecular complexity index is 1280. The zero-order valence-corrected chi connectivity index (χ0v) is 15.8. The summed E-state index contributed by atoms with van der Waals surface area (Å²) in [5.41, 5.74) is 2.27. The van der Waals surface area contributed by atoms with Crippen molar-refractivity contribution in [3.05, 3.63) is 82.0 Å². The summed E-state index contributed by atoms with van der Waals surface area (Å²) in [6, 6.07) is 14.3. The van der Waals surface area contributed by atoms with Gasteiger partial charge in [-0.1, -0.05) is 43.3 Å². The Hall–Kier alpha value is -3.38. The number of nitrogens with zero attached hydrogens (tertiary/aromatic N) is 2. The molecular formula is C22H15N3O2S. The van der Waals surface area contributed by atoms with E-state index in [-0.39, 0.29) is 11.6 Å². The fourth-order valence-electron chi connectivity index (χ4n) is 3.56. The van der Waals surface area contributed by atoms with Gasteiger partial charge in [0.15, 0.2) is 11.6 Å². The van der Waals surface area contributed by atoms with Gasteiger partial charge in [-0.05, 0) is 18.6 Å². The van der Waals surface area contributed by atoms with Gasteiger partial charge in [-0.2, -0.15) is 0 Å². The van der Waals surface area contributed by atoms with E-state index >= 15 is 0 Å². The quantitative estimate of drug-likeness (QED) is 0.484. The summed E-state index contributed by atoms with van der Waals surface area (Å²) in [6.07, 6.45) is 2.43. The van der Waals surface area contributed by atoms with Gasteiger partial charge in [-0.25, -0.2) is 9.97 Å². The maximum absolute atomic E-state index is 13.2. The van der Waals surface area contributed by atoms with E-state index in [1.54, 1.807) is 53.8 Å². The standard InChI is InChI=1S/C22H15N3O2S/c1-2-12-10-16-21(23-11-24-22(16)28-12)25-17-9-5-8-15-18(17)20(27)14-7-4-3-6-13(14)19(15)26/h3-11H,2H2,1H3,(H,23,24,25). The molecule has 136 valence electrons. The van der Waals surface area contributed by atoms with Crippen LogP contribution in [-0.4, -0.2) is 21.5 Å². The van der Waals surface area contributed by atoms with E-state index < -0.39 is 0 Å². The average molecular weight is 385 g/mol. The second kappa shape index (κ2) is 6.35. The summed E-state index contributed by atoms with van der Waals surface area (Å²) in [5.74, 6) is 0.345. The molecule has 0 spiro atoms. The van der Waals surface area contributed by atoms with Crippen LogP contribution in [0.1, 0.15) is 43.6 Å². The van der Waals surface area contributed by atoms with Gasteiger partial charge in [0.2, 0.25) is 0 Å². The first-order valence-corrected chi connectivity index (χ1v) is 9.81. The average Bonchev–Trinajstić information content (AvgIpc) is 3.16. The van der Waals surface area contributed by atoms with Crippen LogP contribution in [0.25, 0.3) is 10.2 Å².